The molecule has 0 aliphatic heterocycles. The molecule has 0 fully saturated rings. The van der Waals surface area contributed by atoms with Crippen LogP contribution in [0.5, 0.6) is 0 Å². The summed E-state index contributed by atoms with van der Waals surface area (Å²) in [5.41, 5.74) is 1.20. The van der Waals surface area contributed by atoms with Gasteiger partial charge in [-0.3, -0.25) is 4.79 Å². The van der Waals surface area contributed by atoms with Crippen molar-refractivity contribution in [2.24, 2.45) is 0 Å². The predicted molar refractivity (Wildman–Crippen MR) is 80.3 cm³/mol. The van der Waals surface area contributed by atoms with Crippen molar-refractivity contribution in [1.82, 2.24) is 0 Å². The lowest BCUT2D eigenvalue weighted by Crippen LogP contribution is -2.09. The minimum atomic E-state index is -0.485. The van der Waals surface area contributed by atoms with Crippen LogP contribution in [0.3, 0.4) is 0 Å². The summed E-state index contributed by atoms with van der Waals surface area (Å²) in [5.74, 6) is -0.482. The van der Waals surface area contributed by atoms with Crippen molar-refractivity contribution in [3.05, 3.63) is 63.9 Å². The highest BCUT2D eigenvalue weighted by molar-refractivity contribution is 6.31. The van der Waals surface area contributed by atoms with Crippen LogP contribution < -0.4 is 5.32 Å². The summed E-state index contributed by atoms with van der Waals surface area (Å²) in [6.45, 7) is 0.419. The molecule has 2 nitrogen and oxygen atoms in total. The van der Waals surface area contributed by atoms with Gasteiger partial charge in [-0.25, -0.2) is 4.39 Å². The van der Waals surface area contributed by atoms with Crippen LogP contribution in [0.2, 0.25) is 10.0 Å². The molecular formula is C15H12Cl2FNO. The van der Waals surface area contributed by atoms with Crippen LogP contribution in [-0.4, -0.2) is 12.3 Å². The van der Waals surface area contributed by atoms with Gasteiger partial charge >= 0.3 is 0 Å². The van der Waals surface area contributed by atoms with Gasteiger partial charge in [-0.2, -0.15) is 0 Å². The van der Waals surface area contributed by atoms with E-state index in [2.05, 4.69) is 5.32 Å². The monoisotopic (exact) mass is 311 g/mol. The molecule has 0 heterocycles. The van der Waals surface area contributed by atoms with Gasteiger partial charge in [0.25, 0.3) is 0 Å². The SMILES string of the molecule is O=C(CCNc1ccc(Cl)c(F)c1)c1ccc(Cl)cc1. The van der Waals surface area contributed by atoms with E-state index in [1.54, 1.807) is 30.3 Å². The fraction of sp³-hybridized carbons (Fsp3) is 0.133. The first-order valence-corrected chi connectivity index (χ1v) is 6.79. The normalized spacial score (nSPS) is 10.3. The smallest absolute Gasteiger partial charge is 0.164 e. The zero-order chi connectivity index (χ0) is 14.5. The van der Waals surface area contributed by atoms with Gasteiger partial charge < -0.3 is 5.32 Å². The summed E-state index contributed by atoms with van der Waals surface area (Å²) in [7, 11) is 0. The summed E-state index contributed by atoms with van der Waals surface area (Å²) >= 11 is 11.3. The molecule has 0 aliphatic rings. The summed E-state index contributed by atoms with van der Waals surface area (Å²) in [5, 5.41) is 3.65. The topological polar surface area (TPSA) is 29.1 Å². The van der Waals surface area contributed by atoms with E-state index in [1.165, 1.54) is 12.1 Å². The molecule has 104 valence electrons. The molecule has 2 aromatic carbocycles. The van der Waals surface area contributed by atoms with Crippen LogP contribution in [0, 0.1) is 5.82 Å². The van der Waals surface area contributed by atoms with Crippen molar-refractivity contribution in [2.45, 2.75) is 6.42 Å². The first-order valence-electron chi connectivity index (χ1n) is 6.04. The molecule has 0 radical (unpaired) electrons. The van der Waals surface area contributed by atoms with Gasteiger partial charge in [0.05, 0.1) is 5.02 Å². The molecule has 0 aromatic heterocycles. The Morgan fingerprint density at radius 1 is 1.10 bits per heavy atom. The molecule has 0 bridgehead atoms. The number of carbonyl (C=O) groups excluding carboxylic acids is 1. The maximum Gasteiger partial charge on any atom is 0.164 e. The molecule has 2 rings (SSSR count). The van der Waals surface area contributed by atoms with E-state index in [4.69, 9.17) is 23.2 Å². The second kappa shape index (κ2) is 6.73. The lowest BCUT2D eigenvalue weighted by molar-refractivity contribution is 0.0986. The van der Waals surface area contributed by atoms with Crippen LogP contribution >= 0.6 is 23.2 Å². The Labute approximate surface area is 126 Å². The second-order valence-electron chi connectivity index (χ2n) is 4.24. The zero-order valence-corrected chi connectivity index (χ0v) is 12.0. The number of carbonyl (C=O) groups is 1. The molecule has 1 N–H and O–H groups in total. The summed E-state index contributed by atoms with van der Waals surface area (Å²) in [4.78, 5) is 11.9. The average molecular weight is 312 g/mol. The van der Waals surface area contributed by atoms with Gasteiger partial charge in [0.15, 0.2) is 5.78 Å². The standard InChI is InChI=1S/C15H12Cl2FNO/c16-11-3-1-10(2-4-11)15(20)7-8-19-12-5-6-13(17)14(18)9-12/h1-6,9,19H,7-8H2. The van der Waals surface area contributed by atoms with Crippen molar-refractivity contribution in [2.75, 3.05) is 11.9 Å². The second-order valence-corrected chi connectivity index (χ2v) is 5.08. The Bertz CT molecular complexity index is 614. The highest BCUT2D eigenvalue weighted by Gasteiger charge is 2.06. The number of rotatable bonds is 5. The van der Waals surface area contributed by atoms with E-state index in [0.717, 1.165) is 0 Å². The van der Waals surface area contributed by atoms with E-state index in [0.29, 0.717) is 29.2 Å². The summed E-state index contributed by atoms with van der Waals surface area (Å²) in [6, 6.07) is 11.2. The maximum absolute atomic E-state index is 13.2. The zero-order valence-electron chi connectivity index (χ0n) is 10.5. The van der Waals surface area contributed by atoms with E-state index >= 15 is 0 Å². The van der Waals surface area contributed by atoms with Crippen molar-refractivity contribution in [3.8, 4) is 0 Å². The molecule has 0 amide bonds. The third kappa shape index (κ3) is 3.95. The number of ketones is 1. The fourth-order valence-electron chi connectivity index (χ4n) is 1.71. The Balaban J connectivity index is 1.87. The third-order valence-electron chi connectivity index (χ3n) is 2.77. The maximum atomic E-state index is 13.2. The molecule has 20 heavy (non-hydrogen) atoms. The number of anilines is 1. The Morgan fingerprint density at radius 2 is 1.80 bits per heavy atom. The molecule has 0 atom stereocenters. The van der Waals surface area contributed by atoms with Gasteiger partial charge in [-0.15, -0.1) is 0 Å². The van der Waals surface area contributed by atoms with Crippen molar-refractivity contribution >= 4 is 34.7 Å². The predicted octanol–water partition coefficient (Wildman–Crippen LogP) is 4.82. The first kappa shape index (κ1) is 14.8. The van der Waals surface area contributed by atoms with Gasteiger partial charge in [0.1, 0.15) is 5.82 Å². The lowest BCUT2D eigenvalue weighted by Gasteiger charge is -2.06. The van der Waals surface area contributed by atoms with Crippen molar-refractivity contribution in [3.63, 3.8) is 0 Å². The molecular weight excluding hydrogens is 300 g/mol. The number of halogens is 3. The third-order valence-corrected chi connectivity index (χ3v) is 3.33. The molecule has 0 unspecified atom stereocenters. The lowest BCUT2D eigenvalue weighted by atomic mass is 10.1. The summed E-state index contributed by atoms with van der Waals surface area (Å²) in [6.07, 6.45) is 0.311. The number of hydrogen-bond acceptors (Lipinski definition) is 2. The van der Waals surface area contributed by atoms with Crippen LogP contribution in [0.15, 0.2) is 42.5 Å². The van der Waals surface area contributed by atoms with Gasteiger partial charge in [-0.1, -0.05) is 23.2 Å². The van der Waals surface area contributed by atoms with Crippen LogP contribution in [0.4, 0.5) is 10.1 Å². The Hall–Kier alpha value is -1.58. The van der Waals surface area contributed by atoms with Gasteiger partial charge in [-0.05, 0) is 42.5 Å². The molecule has 0 spiro atoms. The largest absolute Gasteiger partial charge is 0.385 e. The van der Waals surface area contributed by atoms with E-state index in [9.17, 15) is 9.18 Å². The van der Waals surface area contributed by atoms with Crippen LogP contribution in [0.25, 0.3) is 0 Å². The molecule has 2 aromatic rings. The van der Waals surface area contributed by atoms with Gasteiger partial charge in [0.2, 0.25) is 0 Å². The molecule has 0 saturated carbocycles. The quantitative estimate of drug-likeness (QED) is 0.802. The fourth-order valence-corrected chi connectivity index (χ4v) is 1.95. The average Bonchev–Trinajstić information content (AvgIpc) is 2.43. The molecule has 0 saturated heterocycles. The number of Topliss-reactive ketones (excluding diaryl/α,β-unsaturated/α-hetero) is 1. The Kier molecular flexibility index (Phi) is 4.99. The van der Waals surface area contributed by atoms with E-state index in [1.807, 2.05) is 0 Å². The number of nitrogens with one attached hydrogen (secondary N) is 1. The highest BCUT2D eigenvalue weighted by atomic mass is 35.5. The Morgan fingerprint density at radius 3 is 2.45 bits per heavy atom. The van der Waals surface area contributed by atoms with Crippen molar-refractivity contribution in [1.29, 1.82) is 0 Å². The number of benzene rings is 2. The van der Waals surface area contributed by atoms with E-state index in [-0.39, 0.29) is 10.8 Å². The van der Waals surface area contributed by atoms with E-state index < -0.39 is 5.82 Å². The first-order chi connectivity index (χ1) is 9.56. The minimum Gasteiger partial charge on any atom is -0.385 e. The van der Waals surface area contributed by atoms with Crippen LogP contribution in [-0.2, 0) is 0 Å². The van der Waals surface area contributed by atoms with Crippen LogP contribution in [0.1, 0.15) is 16.8 Å². The van der Waals surface area contributed by atoms with Gasteiger partial charge in [0, 0.05) is 29.2 Å². The summed E-state index contributed by atoms with van der Waals surface area (Å²) < 4.78 is 13.2. The van der Waals surface area contributed by atoms with Crippen molar-refractivity contribution < 1.29 is 9.18 Å². The minimum absolute atomic E-state index is 0.00334. The highest BCUT2D eigenvalue weighted by Crippen LogP contribution is 2.18. The molecule has 0 aliphatic carbocycles. The number of hydrogen-bond donors (Lipinski definition) is 1. The molecule has 5 heteroatoms.